The maximum absolute atomic E-state index is 10.5. The van der Waals surface area contributed by atoms with Crippen LogP contribution in [0.1, 0.15) is 20.3 Å². The SMILES string of the molecule is CC[C@@H](C)Nc1nc(Cl)nc(Cl)c1N=O. The van der Waals surface area contributed by atoms with E-state index in [1.165, 1.54) is 0 Å². The second-order valence-corrected chi connectivity index (χ2v) is 3.72. The van der Waals surface area contributed by atoms with Gasteiger partial charge >= 0.3 is 0 Å². The zero-order valence-corrected chi connectivity index (χ0v) is 9.80. The molecule has 0 radical (unpaired) electrons. The highest BCUT2D eigenvalue weighted by atomic mass is 35.5. The fourth-order valence-electron chi connectivity index (χ4n) is 0.919. The molecule has 0 saturated carbocycles. The lowest BCUT2D eigenvalue weighted by Gasteiger charge is -2.13. The van der Waals surface area contributed by atoms with Crippen molar-refractivity contribution in [2.75, 3.05) is 5.32 Å². The van der Waals surface area contributed by atoms with Crippen molar-refractivity contribution in [2.45, 2.75) is 26.3 Å². The Hall–Kier alpha value is -0.940. The van der Waals surface area contributed by atoms with Crippen LogP contribution in [0.4, 0.5) is 11.5 Å². The molecule has 0 amide bonds. The summed E-state index contributed by atoms with van der Waals surface area (Å²) in [5.41, 5.74) is -0.0126. The van der Waals surface area contributed by atoms with Crippen LogP contribution in [0.25, 0.3) is 0 Å². The van der Waals surface area contributed by atoms with Crippen LogP contribution in [0.3, 0.4) is 0 Å². The summed E-state index contributed by atoms with van der Waals surface area (Å²) in [6, 6.07) is 0.146. The number of rotatable bonds is 4. The molecular formula is C8H10Cl2N4O. The molecule has 0 unspecified atom stereocenters. The van der Waals surface area contributed by atoms with E-state index in [9.17, 15) is 4.91 Å². The molecule has 7 heteroatoms. The van der Waals surface area contributed by atoms with Gasteiger partial charge in [-0.3, -0.25) is 0 Å². The Labute approximate surface area is 97.2 Å². The number of nitrogens with zero attached hydrogens (tertiary/aromatic N) is 3. The molecule has 1 atom stereocenters. The Morgan fingerprint density at radius 2 is 2.13 bits per heavy atom. The molecule has 1 rings (SSSR count). The van der Waals surface area contributed by atoms with Gasteiger partial charge in [-0.05, 0) is 30.1 Å². The zero-order valence-electron chi connectivity index (χ0n) is 8.29. The van der Waals surface area contributed by atoms with Gasteiger partial charge in [0.1, 0.15) is 0 Å². The van der Waals surface area contributed by atoms with E-state index in [0.29, 0.717) is 0 Å². The predicted octanol–water partition coefficient (Wildman–Crippen LogP) is 3.39. The maximum atomic E-state index is 10.5. The molecule has 1 heterocycles. The van der Waals surface area contributed by atoms with Gasteiger partial charge in [-0.1, -0.05) is 18.5 Å². The quantitative estimate of drug-likeness (QED) is 0.504. The van der Waals surface area contributed by atoms with E-state index in [-0.39, 0.29) is 28.0 Å². The predicted molar refractivity (Wildman–Crippen MR) is 60.9 cm³/mol. The van der Waals surface area contributed by atoms with Crippen molar-refractivity contribution in [1.82, 2.24) is 9.97 Å². The molecule has 15 heavy (non-hydrogen) atoms. The number of nitrogens with one attached hydrogen (secondary N) is 1. The van der Waals surface area contributed by atoms with Gasteiger partial charge in [-0.25, -0.2) is 4.98 Å². The van der Waals surface area contributed by atoms with Crippen LogP contribution in [-0.4, -0.2) is 16.0 Å². The largest absolute Gasteiger partial charge is 0.366 e. The Bertz CT molecular complexity index is 372. The highest BCUT2D eigenvalue weighted by Gasteiger charge is 2.14. The van der Waals surface area contributed by atoms with E-state index in [1.54, 1.807) is 0 Å². The lowest BCUT2D eigenvalue weighted by molar-refractivity contribution is 0.758. The fourth-order valence-corrected chi connectivity index (χ4v) is 1.34. The molecule has 0 spiro atoms. The molecule has 0 aliphatic carbocycles. The second-order valence-electron chi connectivity index (χ2n) is 3.03. The topological polar surface area (TPSA) is 67.2 Å². The molecule has 5 nitrogen and oxygen atoms in total. The smallest absolute Gasteiger partial charge is 0.225 e. The minimum atomic E-state index is -0.0456. The van der Waals surface area contributed by atoms with Gasteiger partial charge in [0, 0.05) is 6.04 Å². The molecular weight excluding hydrogens is 239 g/mol. The van der Waals surface area contributed by atoms with Gasteiger partial charge in [0.05, 0.1) is 0 Å². The van der Waals surface area contributed by atoms with Crippen molar-refractivity contribution in [1.29, 1.82) is 0 Å². The normalized spacial score (nSPS) is 12.3. The van der Waals surface area contributed by atoms with E-state index in [4.69, 9.17) is 23.2 Å². The van der Waals surface area contributed by atoms with Crippen LogP contribution in [0, 0.1) is 4.91 Å². The first kappa shape index (κ1) is 12.1. The zero-order chi connectivity index (χ0) is 11.4. The van der Waals surface area contributed by atoms with Crippen molar-refractivity contribution in [3.8, 4) is 0 Å². The molecule has 1 N–H and O–H groups in total. The highest BCUT2D eigenvalue weighted by Crippen LogP contribution is 2.31. The first-order chi connectivity index (χ1) is 7.08. The van der Waals surface area contributed by atoms with Crippen LogP contribution in [0.5, 0.6) is 0 Å². The standard InChI is InChI=1S/C8H10Cl2N4O/c1-3-4(2)11-7-5(14-15)6(9)12-8(10)13-7/h4H,3H2,1-2H3,(H,11,12,13)/t4-/m1/s1. The molecule has 0 aliphatic heterocycles. The van der Waals surface area contributed by atoms with Crippen LogP contribution in [0.2, 0.25) is 10.4 Å². The summed E-state index contributed by atoms with van der Waals surface area (Å²) in [5.74, 6) is 0.268. The van der Waals surface area contributed by atoms with E-state index in [0.717, 1.165) is 6.42 Å². The Morgan fingerprint density at radius 1 is 1.47 bits per heavy atom. The Balaban J connectivity index is 3.09. The number of halogens is 2. The third kappa shape index (κ3) is 3.00. The molecule has 0 fully saturated rings. The lowest BCUT2D eigenvalue weighted by atomic mass is 10.2. The molecule has 1 aromatic rings. The van der Waals surface area contributed by atoms with Crippen molar-refractivity contribution in [3.63, 3.8) is 0 Å². The van der Waals surface area contributed by atoms with Gasteiger partial charge in [-0.2, -0.15) is 4.98 Å². The maximum Gasteiger partial charge on any atom is 0.225 e. The number of hydrogen-bond donors (Lipinski definition) is 1. The number of anilines is 1. The monoisotopic (exact) mass is 248 g/mol. The summed E-state index contributed by atoms with van der Waals surface area (Å²) in [6.45, 7) is 3.94. The summed E-state index contributed by atoms with van der Waals surface area (Å²) in [4.78, 5) is 18.0. The van der Waals surface area contributed by atoms with E-state index >= 15 is 0 Å². The van der Waals surface area contributed by atoms with Crippen LogP contribution >= 0.6 is 23.2 Å². The van der Waals surface area contributed by atoms with Crippen molar-refractivity contribution >= 4 is 34.7 Å². The number of nitroso groups, excluding NO2 is 1. The number of hydrogen-bond acceptors (Lipinski definition) is 5. The van der Waals surface area contributed by atoms with Gasteiger partial charge in [0.15, 0.2) is 16.7 Å². The van der Waals surface area contributed by atoms with Gasteiger partial charge in [0.25, 0.3) is 0 Å². The van der Waals surface area contributed by atoms with Gasteiger partial charge < -0.3 is 5.32 Å². The molecule has 0 aromatic carbocycles. The van der Waals surface area contributed by atoms with Crippen molar-refractivity contribution in [2.24, 2.45) is 5.18 Å². The third-order valence-corrected chi connectivity index (χ3v) is 2.33. The summed E-state index contributed by atoms with van der Waals surface area (Å²) in [5, 5.41) is 5.69. The van der Waals surface area contributed by atoms with Gasteiger partial charge in [0.2, 0.25) is 5.28 Å². The van der Waals surface area contributed by atoms with Crippen LogP contribution in [-0.2, 0) is 0 Å². The fraction of sp³-hybridized carbons (Fsp3) is 0.500. The molecule has 0 aliphatic rings. The first-order valence-electron chi connectivity index (χ1n) is 4.41. The summed E-state index contributed by atoms with van der Waals surface area (Å²) < 4.78 is 0. The lowest BCUT2D eigenvalue weighted by Crippen LogP contribution is -2.15. The minimum absolute atomic E-state index is 0.0126. The second kappa shape index (κ2) is 5.23. The molecule has 82 valence electrons. The van der Waals surface area contributed by atoms with Crippen molar-refractivity contribution < 1.29 is 0 Å². The summed E-state index contributed by atoms with van der Waals surface area (Å²) in [6.07, 6.45) is 0.873. The molecule has 0 bridgehead atoms. The van der Waals surface area contributed by atoms with Gasteiger partial charge in [-0.15, -0.1) is 4.91 Å². The average Bonchev–Trinajstić information content (AvgIpc) is 2.17. The summed E-state index contributed by atoms with van der Waals surface area (Å²) >= 11 is 11.3. The first-order valence-corrected chi connectivity index (χ1v) is 5.17. The van der Waals surface area contributed by atoms with E-state index < -0.39 is 0 Å². The third-order valence-electron chi connectivity index (χ3n) is 1.90. The van der Waals surface area contributed by atoms with Crippen LogP contribution < -0.4 is 5.32 Å². The Morgan fingerprint density at radius 3 is 2.67 bits per heavy atom. The van der Waals surface area contributed by atoms with Crippen molar-refractivity contribution in [3.05, 3.63) is 15.3 Å². The Kier molecular flexibility index (Phi) is 4.23. The average molecular weight is 249 g/mol. The number of aromatic nitrogens is 2. The molecule has 0 saturated heterocycles. The molecule has 1 aromatic heterocycles. The van der Waals surface area contributed by atoms with Crippen LogP contribution in [0.15, 0.2) is 5.18 Å². The van der Waals surface area contributed by atoms with E-state index in [2.05, 4.69) is 20.5 Å². The van der Waals surface area contributed by atoms with E-state index in [1.807, 2.05) is 13.8 Å². The minimum Gasteiger partial charge on any atom is -0.366 e. The highest BCUT2D eigenvalue weighted by molar-refractivity contribution is 6.34. The summed E-state index contributed by atoms with van der Waals surface area (Å²) in [7, 11) is 0.